The van der Waals surface area contributed by atoms with E-state index in [0.717, 1.165) is 33.3 Å². The molecule has 0 radical (unpaired) electrons. The van der Waals surface area contributed by atoms with Crippen molar-refractivity contribution in [1.82, 2.24) is 20.1 Å². The fraction of sp³-hybridized carbons (Fsp3) is 0.174. The quantitative estimate of drug-likeness (QED) is 0.547. The Balaban J connectivity index is 1.62. The Labute approximate surface area is 168 Å². The summed E-state index contributed by atoms with van der Waals surface area (Å²) < 4.78 is 0. The summed E-state index contributed by atoms with van der Waals surface area (Å²) in [6, 6.07) is 17.0. The number of nitrogens with zero attached hydrogens (tertiary/aromatic N) is 3. The molecule has 0 aliphatic carbocycles. The maximum Gasteiger partial charge on any atom is 0.254 e. The third-order valence-electron chi connectivity index (χ3n) is 5.27. The fourth-order valence-corrected chi connectivity index (χ4v) is 3.54. The van der Waals surface area contributed by atoms with Gasteiger partial charge >= 0.3 is 0 Å². The van der Waals surface area contributed by atoms with Gasteiger partial charge in [0.25, 0.3) is 5.91 Å². The number of carbonyl (C=O) groups is 1. The van der Waals surface area contributed by atoms with Crippen molar-refractivity contribution in [2.75, 3.05) is 13.7 Å². The molecule has 0 saturated carbocycles. The zero-order chi connectivity index (χ0) is 20.4. The molecule has 6 nitrogen and oxygen atoms in total. The van der Waals surface area contributed by atoms with Gasteiger partial charge in [-0.3, -0.25) is 14.9 Å². The first-order valence-electron chi connectivity index (χ1n) is 9.42. The van der Waals surface area contributed by atoms with Crippen molar-refractivity contribution in [2.45, 2.75) is 13.0 Å². The number of nitrogens with one attached hydrogen (secondary N) is 1. The molecule has 0 saturated heterocycles. The maximum atomic E-state index is 13.1. The predicted octanol–water partition coefficient (Wildman–Crippen LogP) is 3.74. The molecule has 2 heterocycles. The van der Waals surface area contributed by atoms with E-state index in [1.165, 1.54) is 0 Å². The summed E-state index contributed by atoms with van der Waals surface area (Å²) in [7, 11) is 1.69. The summed E-state index contributed by atoms with van der Waals surface area (Å²) in [5, 5.41) is 18.0. The van der Waals surface area contributed by atoms with Crippen molar-refractivity contribution in [3.63, 3.8) is 0 Å². The number of likely N-dealkylation sites (N-methyl/N-ethyl adjacent to an activating group) is 1. The SMILES string of the molecule is Cc1ncc([C@@H](CO)N(C)C(=O)c2ccc(-c3ccccc3)cc2)c2[nH]ncc12. The molecule has 0 aliphatic rings. The number of hydrogen-bond acceptors (Lipinski definition) is 4. The number of rotatable bonds is 5. The molecule has 1 atom stereocenters. The topological polar surface area (TPSA) is 82.1 Å². The van der Waals surface area contributed by atoms with Crippen molar-refractivity contribution in [3.8, 4) is 11.1 Å². The van der Waals surface area contributed by atoms with Gasteiger partial charge in [-0.05, 0) is 30.2 Å². The zero-order valence-corrected chi connectivity index (χ0v) is 16.3. The Kier molecular flexibility index (Phi) is 5.10. The van der Waals surface area contributed by atoms with Crippen LogP contribution in [0.2, 0.25) is 0 Å². The van der Waals surface area contributed by atoms with Crippen LogP contribution in [0.5, 0.6) is 0 Å². The number of aryl methyl sites for hydroxylation is 1. The van der Waals surface area contributed by atoms with E-state index in [2.05, 4.69) is 15.2 Å². The third kappa shape index (κ3) is 3.50. The van der Waals surface area contributed by atoms with Crippen molar-refractivity contribution in [3.05, 3.63) is 83.8 Å². The Morgan fingerprint density at radius 2 is 1.76 bits per heavy atom. The summed E-state index contributed by atoms with van der Waals surface area (Å²) in [5.74, 6) is -0.170. The van der Waals surface area contributed by atoms with Crippen LogP contribution in [0.1, 0.15) is 27.7 Å². The number of aromatic amines is 1. The van der Waals surface area contributed by atoms with Crippen LogP contribution in [0.25, 0.3) is 22.0 Å². The van der Waals surface area contributed by atoms with Crippen LogP contribution in [0.15, 0.2) is 67.0 Å². The van der Waals surface area contributed by atoms with E-state index in [4.69, 9.17) is 0 Å². The van der Waals surface area contributed by atoms with Crippen molar-refractivity contribution in [1.29, 1.82) is 0 Å². The standard InChI is InChI=1S/C23H22N4O2/c1-15-19-13-25-26-22(19)20(12-24-15)21(14-28)27(2)23(29)18-10-8-17(9-11-18)16-6-4-3-5-7-16/h3-13,21,28H,14H2,1-2H3,(H,25,26)/t21-/m1/s1. The van der Waals surface area contributed by atoms with Crippen LogP contribution in [0.3, 0.4) is 0 Å². The molecule has 2 aromatic heterocycles. The molecular formula is C23H22N4O2. The number of carbonyl (C=O) groups excluding carboxylic acids is 1. The first-order chi connectivity index (χ1) is 14.1. The average Bonchev–Trinajstić information content (AvgIpc) is 3.27. The molecule has 2 N–H and O–H groups in total. The van der Waals surface area contributed by atoms with E-state index in [0.29, 0.717) is 5.56 Å². The van der Waals surface area contributed by atoms with Gasteiger partial charge in [0.05, 0.1) is 24.4 Å². The van der Waals surface area contributed by atoms with E-state index >= 15 is 0 Å². The van der Waals surface area contributed by atoms with Crippen LogP contribution in [-0.4, -0.2) is 44.7 Å². The highest BCUT2D eigenvalue weighted by molar-refractivity contribution is 5.95. The number of fused-ring (bicyclic) bond motifs is 1. The number of hydrogen-bond donors (Lipinski definition) is 2. The summed E-state index contributed by atoms with van der Waals surface area (Å²) >= 11 is 0. The number of benzene rings is 2. The molecule has 0 spiro atoms. The van der Waals surface area contributed by atoms with E-state index in [-0.39, 0.29) is 12.5 Å². The molecular weight excluding hydrogens is 364 g/mol. The zero-order valence-electron chi connectivity index (χ0n) is 16.3. The first kappa shape index (κ1) is 18.8. The molecule has 0 aliphatic heterocycles. The summed E-state index contributed by atoms with van der Waals surface area (Å²) in [6.45, 7) is 1.68. The summed E-state index contributed by atoms with van der Waals surface area (Å²) in [6.07, 6.45) is 3.40. The van der Waals surface area contributed by atoms with Gasteiger partial charge in [-0.15, -0.1) is 0 Å². The molecule has 0 fully saturated rings. The molecule has 6 heteroatoms. The van der Waals surface area contributed by atoms with E-state index < -0.39 is 6.04 Å². The highest BCUT2D eigenvalue weighted by atomic mass is 16.3. The lowest BCUT2D eigenvalue weighted by Gasteiger charge is -2.27. The number of aliphatic hydroxyl groups is 1. The molecule has 4 rings (SSSR count). The molecule has 2 aromatic carbocycles. The minimum Gasteiger partial charge on any atom is -0.394 e. The highest BCUT2D eigenvalue weighted by Gasteiger charge is 2.25. The molecule has 1 amide bonds. The molecule has 4 aromatic rings. The minimum atomic E-state index is -0.535. The largest absolute Gasteiger partial charge is 0.394 e. The van der Waals surface area contributed by atoms with Crippen molar-refractivity contribution in [2.24, 2.45) is 0 Å². The second kappa shape index (κ2) is 7.85. The first-order valence-corrected chi connectivity index (χ1v) is 9.42. The van der Waals surface area contributed by atoms with Gasteiger partial charge < -0.3 is 10.0 Å². The summed E-state index contributed by atoms with van der Waals surface area (Å²) in [5.41, 5.74) is 5.08. The van der Waals surface area contributed by atoms with Gasteiger partial charge in [-0.2, -0.15) is 5.10 Å². The highest BCUT2D eigenvalue weighted by Crippen LogP contribution is 2.28. The van der Waals surface area contributed by atoms with Crippen LogP contribution in [0.4, 0.5) is 0 Å². The normalized spacial score (nSPS) is 12.1. The second-order valence-corrected chi connectivity index (χ2v) is 7.02. The Morgan fingerprint density at radius 3 is 2.45 bits per heavy atom. The van der Waals surface area contributed by atoms with E-state index in [9.17, 15) is 9.90 Å². The lowest BCUT2D eigenvalue weighted by Crippen LogP contribution is -2.33. The number of aromatic nitrogens is 3. The number of pyridine rings is 1. The van der Waals surface area contributed by atoms with E-state index in [1.807, 2.05) is 61.5 Å². The van der Waals surface area contributed by atoms with Gasteiger partial charge in [0.1, 0.15) is 0 Å². The Bertz CT molecular complexity index is 1140. The van der Waals surface area contributed by atoms with Crippen LogP contribution in [0, 0.1) is 6.92 Å². The Morgan fingerprint density at radius 1 is 1.07 bits per heavy atom. The van der Waals surface area contributed by atoms with Gasteiger partial charge in [0.15, 0.2) is 0 Å². The minimum absolute atomic E-state index is 0.170. The summed E-state index contributed by atoms with van der Waals surface area (Å²) in [4.78, 5) is 19.0. The molecule has 146 valence electrons. The van der Waals surface area contributed by atoms with Crippen LogP contribution >= 0.6 is 0 Å². The van der Waals surface area contributed by atoms with Gasteiger partial charge in [0.2, 0.25) is 0 Å². The molecule has 29 heavy (non-hydrogen) atoms. The molecule has 0 bridgehead atoms. The fourth-order valence-electron chi connectivity index (χ4n) is 3.54. The number of H-pyrrole nitrogens is 1. The van der Waals surface area contributed by atoms with Crippen LogP contribution < -0.4 is 0 Å². The third-order valence-corrected chi connectivity index (χ3v) is 5.27. The van der Waals surface area contributed by atoms with Gasteiger partial charge in [-0.1, -0.05) is 42.5 Å². The lowest BCUT2D eigenvalue weighted by molar-refractivity contribution is 0.0660. The lowest BCUT2D eigenvalue weighted by atomic mass is 10.0. The van der Waals surface area contributed by atoms with Gasteiger partial charge in [0, 0.05) is 35.5 Å². The van der Waals surface area contributed by atoms with Crippen molar-refractivity contribution < 1.29 is 9.90 Å². The van der Waals surface area contributed by atoms with Crippen LogP contribution in [-0.2, 0) is 0 Å². The van der Waals surface area contributed by atoms with E-state index in [1.54, 1.807) is 24.3 Å². The molecule has 0 unspecified atom stereocenters. The predicted molar refractivity (Wildman–Crippen MR) is 112 cm³/mol. The smallest absolute Gasteiger partial charge is 0.254 e. The average molecular weight is 386 g/mol. The Hall–Kier alpha value is -3.51. The second-order valence-electron chi connectivity index (χ2n) is 7.02. The maximum absolute atomic E-state index is 13.1. The van der Waals surface area contributed by atoms with Crippen molar-refractivity contribution >= 4 is 16.8 Å². The number of amides is 1. The monoisotopic (exact) mass is 386 g/mol. The number of aliphatic hydroxyl groups excluding tert-OH is 1. The van der Waals surface area contributed by atoms with Gasteiger partial charge in [-0.25, -0.2) is 0 Å².